The summed E-state index contributed by atoms with van der Waals surface area (Å²) < 4.78 is 12.7. The van der Waals surface area contributed by atoms with E-state index in [1.54, 1.807) is 0 Å². The van der Waals surface area contributed by atoms with Crippen LogP contribution >= 0.6 is 15.9 Å². The summed E-state index contributed by atoms with van der Waals surface area (Å²) in [5, 5.41) is 4.03. The first-order valence-corrected chi connectivity index (χ1v) is 10.6. The quantitative estimate of drug-likeness (QED) is 0.574. The second-order valence-electron chi connectivity index (χ2n) is 7.47. The number of benzene rings is 1. The van der Waals surface area contributed by atoms with Crippen molar-refractivity contribution in [1.82, 2.24) is 10.2 Å². The molecule has 1 atom stereocenters. The van der Waals surface area contributed by atoms with E-state index >= 15 is 0 Å². The van der Waals surface area contributed by atoms with Gasteiger partial charge in [0.15, 0.2) is 5.76 Å². The fraction of sp³-hybridized carbons (Fsp3) is 0.409. The minimum Gasteiger partial charge on any atom is -0.465 e. The van der Waals surface area contributed by atoms with Crippen molar-refractivity contribution in [3.63, 3.8) is 0 Å². The minimum absolute atomic E-state index is 0.0387. The van der Waals surface area contributed by atoms with Crippen LogP contribution in [0.2, 0.25) is 0 Å². The van der Waals surface area contributed by atoms with Crippen LogP contribution in [0.5, 0.6) is 0 Å². The fourth-order valence-electron chi connectivity index (χ4n) is 3.95. The van der Waals surface area contributed by atoms with E-state index in [-0.39, 0.29) is 11.9 Å². The molecule has 1 amide bonds. The highest BCUT2D eigenvalue weighted by Gasteiger charge is 2.26. The summed E-state index contributed by atoms with van der Waals surface area (Å²) in [6.45, 7) is 6.42. The Bertz CT molecular complexity index is 985. The molecule has 1 unspecified atom stereocenters. The molecule has 1 aliphatic heterocycles. The third-order valence-corrected chi connectivity index (χ3v) is 5.97. The van der Waals surface area contributed by atoms with Crippen molar-refractivity contribution < 1.29 is 13.6 Å². The van der Waals surface area contributed by atoms with Crippen LogP contribution in [0.3, 0.4) is 0 Å². The highest BCUT2D eigenvalue weighted by molar-refractivity contribution is 9.10. The normalized spacial score (nSPS) is 16.4. The van der Waals surface area contributed by atoms with E-state index < -0.39 is 0 Å². The van der Waals surface area contributed by atoms with Gasteiger partial charge in [0.2, 0.25) is 0 Å². The summed E-state index contributed by atoms with van der Waals surface area (Å²) in [4.78, 5) is 15.3. The topological polar surface area (TPSA) is 58.6 Å². The van der Waals surface area contributed by atoms with Gasteiger partial charge in [0.25, 0.3) is 5.91 Å². The number of likely N-dealkylation sites (tertiary alicyclic amines) is 1. The molecule has 148 valence electrons. The van der Waals surface area contributed by atoms with Gasteiger partial charge in [-0.25, -0.2) is 0 Å². The van der Waals surface area contributed by atoms with Gasteiger partial charge in [-0.3, -0.25) is 9.69 Å². The number of nitrogens with zero attached hydrogens (tertiary/aromatic N) is 1. The number of rotatable bonds is 5. The first-order valence-electron chi connectivity index (χ1n) is 9.80. The van der Waals surface area contributed by atoms with Crippen LogP contribution in [0.4, 0.5) is 0 Å². The molecule has 1 saturated heterocycles. The van der Waals surface area contributed by atoms with Crippen molar-refractivity contribution in [2.24, 2.45) is 0 Å². The highest BCUT2D eigenvalue weighted by atomic mass is 79.9. The standard InChI is InChI=1S/C22H25BrN2O3/c1-14-6-8-20(27-14)18(25-10-4-3-5-11-25)13-24-22(26)21-15(2)17-12-16(23)7-9-19(17)28-21/h6-9,12,18H,3-5,10-11,13H2,1-2H3,(H,24,26). The predicted molar refractivity (Wildman–Crippen MR) is 113 cm³/mol. The number of carbonyl (C=O) groups excluding carboxylic acids is 1. The van der Waals surface area contributed by atoms with Crippen molar-refractivity contribution in [3.05, 3.63) is 57.6 Å². The summed E-state index contributed by atoms with van der Waals surface area (Å²) in [6.07, 6.45) is 3.63. The molecule has 0 radical (unpaired) electrons. The highest BCUT2D eigenvalue weighted by Crippen LogP contribution is 2.29. The van der Waals surface area contributed by atoms with Gasteiger partial charge in [-0.05, 0) is 70.1 Å². The first kappa shape index (κ1) is 19.3. The number of nitrogens with one attached hydrogen (secondary N) is 1. The maximum atomic E-state index is 12.9. The van der Waals surface area contributed by atoms with Gasteiger partial charge < -0.3 is 14.2 Å². The zero-order valence-electron chi connectivity index (χ0n) is 16.3. The van der Waals surface area contributed by atoms with Gasteiger partial charge in [-0.2, -0.15) is 0 Å². The lowest BCUT2D eigenvalue weighted by atomic mass is 10.1. The van der Waals surface area contributed by atoms with E-state index in [1.165, 1.54) is 19.3 Å². The summed E-state index contributed by atoms with van der Waals surface area (Å²) in [5.41, 5.74) is 1.58. The Balaban J connectivity index is 1.53. The average Bonchev–Trinajstić information content (AvgIpc) is 3.26. The lowest BCUT2D eigenvalue weighted by Crippen LogP contribution is -2.40. The van der Waals surface area contributed by atoms with Gasteiger partial charge in [0.1, 0.15) is 17.1 Å². The number of aryl methyl sites for hydroxylation is 2. The maximum absolute atomic E-state index is 12.9. The molecular weight excluding hydrogens is 420 g/mol. The number of furan rings is 2. The molecule has 28 heavy (non-hydrogen) atoms. The third-order valence-electron chi connectivity index (χ3n) is 5.48. The van der Waals surface area contributed by atoms with Crippen molar-refractivity contribution >= 4 is 32.8 Å². The SMILES string of the molecule is Cc1ccc(C(CNC(=O)c2oc3ccc(Br)cc3c2C)N2CCCCC2)o1. The second-order valence-corrected chi connectivity index (χ2v) is 8.38. The summed E-state index contributed by atoms with van der Waals surface area (Å²) in [6, 6.07) is 9.81. The average molecular weight is 445 g/mol. The summed E-state index contributed by atoms with van der Waals surface area (Å²) >= 11 is 3.48. The number of hydrogen-bond donors (Lipinski definition) is 1. The Hall–Kier alpha value is -2.05. The van der Waals surface area contributed by atoms with Gasteiger partial charge >= 0.3 is 0 Å². The molecule has 0 saturated carbocycles. The van der Waals surface area contributed by atoms with Crippen LogP contribution in [0.1, 0.15) is 52.9 Å². The molecule has 1 aliphatic rings. The van der Waals surface area contributed by atoms with Gasteiger partial charge in [-0.15, -0.1) is 0 Å². The van der Waals surface area contributed by atoms with E-state index in [1.807, 2.05) is 44.2 Å². The van der Waals surface area contributed by atoms with E-state index in [9.17, 15) is 4.79 Å². The molecule has 1 fully saturated rings. The number of hydrogen-bond acceptors (Lipinski definition) is 4. The molecule has 1 aromatic carbocycles. The molecule has 0 aliphatic carbocycles. The Morgan fingerprint density at radius 2 is 1.93 bits per heavy atom. The molecule has 0 bridgehead atoms. The Morgan fingerprint density at radius 1 is 1.14 bits per heavy atom. The summed E-state index contributed by atoms with van der Waals surface area (Å²) in [5.74, 6) is 1.99. The van der Waals surface area contributed by atoms with Crippen molar-refractivity contribution in [2.75, 3.05) is 19.6 Å². The lowest BCUT2D eigenvalue weighted by Gasteiger charge is -2.33. The van der Waals surface area contributed by atoms with E-state index in [4.69, 9.17) is 8.83 Å². The zero-order valence-corrected chi connectivity index (χ0v) is 17.8. The third kappa shape index (κ3) is 3.89. The molecule has 4 rings (SSSR count). The molecule has 6 heteroatoms. The number of fused-ring (bicyclic) bond motifs is 1. The van der Waals surface area contributed by atoms with Gasteiger partial charge in [0.05, 0.1) is 6.04 Å². The van der Waals surface area contributed by atoms with Crippen LogP contribution in [0.15, 0.2) is 43.6 Å². The van der Waals surface area contributed by atoms with E-state index in [0.29, 0.717) is 12.3 Å². The minimum atomic E-state index is -0.185. The zero-order chi connectivity index (χ0) is 19.7. The smallest absolute Gasteiger partial charge is 0.287 e. The Labute approximate surface area is 173 Å². The molecule has 3 heterocycles. The number of halogens is 1. The molecule has 5 nitrogen and oxygen atoms in total. The molecular formula is C22H25BrN2O3. The van der Waals surface area contributed by atoms with Gasteiger partial charge in [0, 0.05) is 22.0 Å². The molecule has 2 aromatic heterocycles. The van der Waals surface area contributed by atoms with Gasteiger partial charge in [-0.1, -0.05) is 22.4 Å². The second kappa shape index (κ2) is 8.13. The number of carbonyl (C=O) groups is 1. The largest absolute Gasteiger partial charge is 0.465 e. The molecule has 3 aromatic rings. The van der Waals surface area contributed by atoms with E-state index in [2.05, 4.69) is 26.1 Å². The Kier molecular flexibility index (Phi) is 5.60. The molecule has 1 N–H and O–H groups in total. The van der Waals surface area contributed by atoms with Crippen LogP contribution in [-0.4, -0.2) is 30.4 Å². The van der Waals surface area contributed by atoms with Crippen LogP contribution in [0.25, 0.3) is 11.0 Å². The summed E-state index contributed by atoms with van der Waals surface area (Å²) in [7, 11) is 0. The van der Waals surface area contributed by atoms with E-state index in [0.717, 1.165) is 45.6 Å². The molecule has 0 spiro atoms. The van der Waals surface area contributed by atoms with Crippen molar-refractivity contribution in [2.45, 2.75) is 39.2 Å². The first-order chi connectivity index (χ1) is 13.5. The van der Waals surface area contributed by atoms with Crippen LogP contribution in [-0.2, 0) is 0 Å². The van der Waals surface area contributed by atoms with Crippen LogP contribution < -0.4 is 5.32 Å². The maximum Gasteiger partial charge on any atom is 0.287 e. The van der Waals surface area contributed by atoms with Crippen molar-refractivity contribution in [1.29, 1.82) is 0 Å². The number of amides is 1. The number of piperidine rings is 1. The van der Waals surface area contributed by atoms with Crippen molar-refractivity contribution in [3.8, 4) is 0 Å². The monoisotopic (exact) mass is 444 g/mol. The predicted octanol–water partition coefficient (Wildman–Crippen LogP) is 5.36. The van der Waals surface area contributed by atoms with Crippen LogP contribution in [0, 0.1) is 13.8 Å². The Morgan fingerprint density at radius 3 is 2.64 bits per heavy atom. The fourth-order valence-corrected chi connectivity index (χ4v) is 4.31. The lowest BCUT2D eigenvalue weighted by molar-refractivity contribution is 0.0888.